The van der Waals surface area contributed by atoms with E-state index >= 15 is 0 Å². The van der Waals surface area contributed by atoms with Gasteiger partial charge < -0.3 is 21.1 Å². The van der Waals surface area contributed by atoms with E-state index in [0.29, 0.717) is 19.6 Å². The number of likely N-dealkylation sites (tertiary alicyclic amines) is 1. The average Bonchev–Trinajstić information content (AvgIpc) is 2.29. The summed E-state index contributed by atoms with van der Waals surface area (Å²) in [5.74, 6) is 0. The number of aliphatic hydroxyl groups excluding tert-OH is 3. The molecule has 0 aliphatic carbocycles. The van der Waals surface area contributed by atoms with Crippen molar-refractivity contribution in [1.29, 1.82) is 0 Å². The quantitative estimate of drug-likeness (QED) is 0.377. The van der Waals surface area contributed by atoms with E-state index in [9.17, 15) is 10.2 Å². The van der Waals surface area contributed by atoms with Gasteiger partial charge in [0.2, 0.25) is 0 Å². The van der Waals surface area contributed by atoms with Crippen LogP contribution in [0.3, 0.4) is 0 Å². The molecular weight excluding hydrogens is 160 g/mol. The number of aliphatic hydroxyl groups is 3. The third kappa shape index (κ3) is 1.75. The number of nitrogens with zero attached hydrogens (tertiary/aromatic N) is 1. The fourth-order valence-electron chi connectivity index (χ4n) is 1.60. The summed E-state index contributed by atoms with van der Waals surface area (Å²) in [4.78, 5) is 1.80. The Kier molecular flexibility index (Phi) is 3.42. The highest BCUT2D eigenvalue weighted by Crippen LogP contribution is 2.17. The van der Waals surface area contributed by atoms with Gasteiger partial charge in [0.15, 0.2) is 0 Å². The Morgan fingerprint density at radius 1 is 1.42 bits per heavy atom. The predicted octanol–water partition coefficient (Wildman–Crippen LogP) is -2.66. The largest absolute Gasteiger partial charge is 0.395 e. The Hall–Kier alpha value is -0.200. The summed E-state index contributed by atoms with van der Waals surface area (Å²) in [6, 6.07) is -0.358. The van der Waals surface area contributed by atoms with Gasteiger partial charge >= 0.3 is 0 Å². The summed E-state index contributed by atoms with van der Waals surface area (Å²) < 4.78 is 0. The Morgan fingerprint density at radius 2 is 2.08 bits per heavy atom. The monoisotopic (exact) mass is 176 g/mol. The van der Waals surface area contributed by atoms with Crippen molar-refractivity contribution in [3.63, 3.8) is 0 Å². The standard InChI is InChI=1S/C7H16N2O3/c8-1-2-9-3-6(11)7(12)5(9)4-10/h5-7,10-12H,1-4,8H2/t5-,6-,7-/m1/s1. The van der Waals surface area contributed by atoms with Crippen LogP contribution < -0.4 is 5.73 Å². The third-order valence-electron chi connectivity index (χ3n) is 2.28. The first-order valence-corrected chi connectivity index (χ1v) is 4.11. The highest BCUT2D eigenvalue weighted by molar-refractivity contribution is 4.92. The Balaban J connectivity index is 2.52. The zero-order valence-corrected chi connectivity index (χ0v) is 6.93. The van der Waals surface area contributed by atoms with E-state index in [1.807, 2.05) is 0 Å². The molecule has 5 heteroatoms. The molecule has 1 heterocycles. The molecule has 0 amide bonds. The first kappa shape index (κ1) is 9.88. The molecule has 72 valence electrons. The van der Waals surface area contributed by atoms with Gasteiger partial charge in [0.05, 0.1) is 24.9 Å². The van der Waals surface area contributed by atoms with Crippen molar-refractivity contribution in [3.8, 4) is 0 Å². The van der Waals surface area contributed by atoms with Crippen LogP contribution in [0.4, 0.5) is 0 Å². The van der Waals surface area contributed by atoms with Crippen molar-refractivity contribution < 1.29 is 15.3 Å². The maximum absolute atomic E-state index is 9.36. The van der Waals surface area contributed by atoms with Crippen molar-refractivity contribution in [2.45, 2.75) is 18.2 Å². The lowest BCUT2D eigenvalue weighted by Gasteiger charge is -2.22. The van der Waals surface area contributed by atoms with E-state index in [0.717, 1.165) is 0 Å². The highest BCUT2D eigenvalue weighted by Gasteiger charge is 2.38. The maximum atomic E-state index is 9.36. The van der Waals surface area contributed by atoms with Gasteiger partial charge in [-0.05, 0) is 0 Å². The first-order valence-electron chi connectivity index (χ1n) is 4.11. The summed E-state index contributed by atoms with van der Waals surface area (Å²) in [5.41, 5.74) is 5.33. The van der Waals surface area contributed by atoms with Gasteiger partial charge in [-0.25, -0.2) is 0 Å². The third-order valence-corrected chi connectivity index (χ3v) is 2.28. The van der Waals surface area contributed by atoms with Crippen LogP contribution in [0.5, 0.6) is 0 Å². The number of rotatable bonds is 3. The van der Waals surface area contributed by atoms with E-state index in [1.54, 1.807) is 4.90 Å². The molecule has 5 nitrogen and oxygen atoms in total. The lowest BCUT2D eigenvalue weighted by atomic mass is 10.1. The molecule has 5 N–H and O–H groups in total. The van der Waals surface area contributed by atoms with Crippen LogP contribution in [0, 0.1) is 0 Å². The molecular formula is C7H16N2O3. The van der Waals surface area contributed by atoms with E-state index in [-0.39, 0.29) is 12.6 Å². The van der Waals surface area contributed by atoms with Crippen molar-refractivity contribution >= 4 is 0 Å². The van der Waals surface area contributed by atoms with E-state index < -0.39 is 12.2 Å². The summed E-state index contributed by atoms with van der Waals surface area (Å²) in [6.45, 7) is 1.32. The zero-order chi connectivity index (χ0) is 9.14. The molecule has 0 bridgehead atoms. The Morgan fingerprint density at radius 3 is 2.58 bits per heavy atom. The molecule has 0 unspecified atom stereocenters. The number of hydrogen-bond acceptors (Lipinski definition) is 5. The lowest BCUT2D eigenvalue weighted by molar-refractivity contribution is 0.0220. The van der Waals surface area contributed by atoms with Crippen molar-refractivity contribution in [1.82, 2.24) is 4.90 Å². The van der Waals surface area contributed by atoms with Gasteiger partial charge in [-0.2, -0.15) is 0 Å². The van der Waals surface area contributed by atoms with Crippen LogP contribution in [0.2, 0.25) is 0 Å². The Labute approximate surface area is 71.4 Å². The Bertz CT molecular complexity index is 145. The number of nitrogens with two attached hydrogens (primary N) is 1. The first-order chi connectivity index (χ1) is 5.70. The second-order valence-corrected chi connectivity index (χ2v) is 3.09. The average molecular weight is 176 g/mol. The van der Waals surface area contributed by atoms with Crippen molar-refractivity contribution in [2.75, 3.05) is 26.2 Å². The molecule has 0 aromatic rings. The van der Waals surface area contributed by atoms with Crippen LogP contribution in [0.15, 0.2) is 0 Å². The smallest absolute Gasteiger partial charge is 0.0988 e. The number of β-amino-alcohol motifs (C(OH)–C–C–N with tert-alkyl or cyclic N) is 1. The van der Waals surface area contributed by atoms with Gasteiger partial charge in [0, 0.05) is 19.6 Å². The van der Waals surface area contributed by atoms with Crippen molar-refractivity contribution in [2.24, 2.45) is 5.73 Å². The van der Waals surface area contributed by atoms with Gasteiger partial charge in [-0.15, -0.1) is 0 Å². The molecule has 1 fully saturated rings. The molecule has 0 radical (unpaired) electrons. The SMILES string of the molecule is NCCN1C[C@@H](O)[C@H](O)[C@H]1CO. The highest BCUT2D eigenvalue weighted by atomic mass is 16.3. The van der Waals surface area contributed by atoms with Crippen molar-refractivity contribution in [3.05, 3.63) is 0 Å². The van der Waals surface area contributed by atoms with Gasteiger partial charge in [-0.1, -0.05) is 0 Å². The van der Waals surface area contributed by atoms with Gasteiger partial charge in [0.1, 0.15) is 0 Å². The summed E-state index contributed by atoms with van der Waals surface area (Å²) in [7, 11) is 0. The number of hydrogen-bond donors (Lipinski definition) is 4. The molecule has 3 atom stereocenters. The van der Waals surface area contributed by atoms with E-state index in [1.165, 1.54) is 0 Å². The molecule has 1 aliphatic rings. The molecule has 12 heavy (non-hydrogen) atoms. The lowest BCUT2D eigenvalue weighted by Crippen LogP contribution is -2.41. The second-order valence-electron chi connectivity index (χ2n) is 3.09. The second kappa shape index (κ2) is 4.15. The molecule has 1 rings (SSSR count). The fraction of sp³-hybridized carbons (Fsp3) is 1.00. The van der Waals surface area contributed by atoms with Crippen LogP contribution in [-0.2, 0) is 0 Å². The summed E-state index contributed by atoms with van der Waals surface area (Å²) in [5, 5.41) is 27.5. The van der Waals surface area contributed by atoms with Gasteiger partial charge in [-0.3, -0.25) is 4.90 Å². The normalized spacial score (nSPS) is 37.5. The molecule has 1 saturated heterocycles. The molecule has 1 aliphatic heterocycles. The van der Waals surface area contributed by atoms with Crippen LogP contribution in [0.1, 0.15) is 0 Å². The van der Waals surface area contributed by atoms with E-state index in [2.05, 4.69) is 0 Å². The predicted molar refractivity (Wildman–Crippen MR) is 43.5 cm³/mol. The van der Waals surface area contributed by atoms with Crippen LogP contribution in [-0.4, -0.2) is 64.7 Å². The fourth-order valence-corrected chi connectivity index (χ4v) is 1.60. The summed E-state index contributed by atoms with van der Waals surface area (Å²) in [6.07, 6.45) is -1.60. The van der Waals surface area contributed by atoms with E-state index in [4.69, 9.17) is 10.8 Å². The minimum atomic E-state index is -0.846. The van der Waals surface area contributed by atoms with Crippen LogP contribution >= 0.6 is 0 Å². The minimum Gasteiger partial charge on any atom is -0.395 e. The van der Waals surface area contributed by atoms with Crippen LogP contribution in [0.25, 0.3) is 0 Å². The molecule has 0 aromatic carbocycles. The maximum Gasteiger partial charge on any atom is 0.0988 e. The molecule has 0 saturated carbocycles. The topological polar surface area (TPSA) is 90.0 Å². The minimum absolute atomic E-state index is 0.141. The van der Waals surface area contributed by atoms with Gasteiger partial charge in [0.25, 0.3) is 0 Å². The zero-order valence-electron chi connectivity index (χ0n) is 6.93. The molecule has 0 spiro atoms. The summed E-state index contributed by atoms with van der Waals surface area (Å²) >= 11 is 0. The molecule has 0 aromatic heterocycles.